The lowest BCUT2D eigenvalue weighted by atomic mass is 10.0. The third-order valence-corrected chi connectivity index (χ3v) is 5.59. The van der Waals surface area contributed by atoms with Gasteiger partial charge in [-0.25, -0.2) is 4.79 Å². The second-order valence-corrected chi connectivity index (χ2v) is 8.93. The number of hydrogen-bond acceptors (Lipinski definition) is 8. The first-order valence-electron chi connectivity index (χ1n) is 10.9. The molecule has 36 heavy (non-hydrogen) atoms. The molecule has 4 atom stereocenters. The number of carbonyl (C=O) groups is 6. The maximum absolute atomic E-state index is 12.8. The molecule has 0 heterocycles. The first kappa shape index (κ1) is 30.4. The Labute approximate surface area is 212 Å². The lowest BCUT2D eigenvalue weighted by Crippen LogP contribution is -2.58. The van der Waals surface area contributed by atoms with Crippen LogP contribution < -0.4 is 33.2 Å². The summed E-state index contributed by atoms with van der Waals surface area (Å²) < 4.78 is 0. The number of nitrogens with two attached hydrogens (primary N) is 3. The van der Waals surface area contributed by atoms with Crippen molar-refractivity contribution >= 4 is 47.3 Å². The number of carbonyl (C=O) groups excluding carboxylic acids is 5. The molecule has 0 spiro atoms. The Morgan fingerprint density at radius 1 is 0.833 bits per heavy atom. The van der Waals surface area contributed by atoms with Crippen molar-refractivity contribution < 1.29 is 33.9 Å². The molecule has 0 saturated carbocycles. The van der Waals surface area contributed by atoms with Gasteiger partial charge >= 0.3 is 5.97 Å². The third kappa shape index (κ3) is 11.2. The fourth-order valence-corrected chi connectivity index (χ4v) is 3.56. The maximum Gasteiger partial charge on any atom is 0.326 e. The molecule has 0 aliphatic heterocycles. The zero-order valence-electron chi connectivity index (χ0n) is 19.8. The zero-order valence-corrected chi connectivity index (χ0v) is 20.6. The molecule has 198 valence electrons. The number of thioether (sulfide) groups is 1. The standard InChI is InChI=1S/C22H32N6O7S/c1-36-8-7-13(23)19(31)26-14(10-17(24)29)20(32)27-15(11-18(25)30)21(33)28-16(22(34)35)9-12-5-3-2-4-6-12/h2-6,13-16H,7-11,23H2,1H3,(H2,24,29)(H2,25,30)(H,26,31)(H,27,32)(H,28,33)(H,34,35). The predicted octanol–water partition coefficient (Wildman–Crippen LogP) is -2.40. The molecular weight excluding hydrogens is 492 g/mol. The smallest absolute Gasteiger partial charge is 0.326 e. The number of amides is 5. The van der Waals surface area contributed by atoms with E-state index in [9.17, 15) is 33.9 Å². The zero-order chi connectivity index (χ0) is 27.3. The average Bonchev–Trinajstić information content (AvgIpc) is 2.80. The molecule has 1 aromatic rings. The first-order chi connectivity index (χ1) is 16.9. The van der Waals surface area contributed by atoms with E-state index in [-0.39, 0.29) is 6.42 Å². The first-order valence-corrected chi connectivity index (χ1v) is 12.3. The van der Waals surface area contributed by atoms with Crippen molar-refractivity contribution in [2.75, 3.05) is 12.0 Å². The van der Waals surface area contributed by atoms with Gasteiger partial charge in [0.15, 0.2) is 0 Å². The van der Waals surface area contributed by atoms with Crippen LogP contribution in [0.1, 0.15) is 24.8 Å². The molecular formula is C22H32N6O7S. The van der Waals surface area contributed by atoms with Crippen LogP contribution >= 0.6 is 11.8 Å². The van der Waals surface area contributed by atoms with Crippen molar-refractivity contribution in [2.45, 2.75) is 49.9 Å². The van der Waals surface area contributed by atoms with Crippen LogP contribution in [0.3, 0.4) is 0 Å². The van der Waals surface area contributed by atoms with Crippen molar-refractivity contribution in [3.8, 4) is 0 Å². The summed E-state index contributed by atoms with van der Waals surface area (Å²) in [5, 5.41) is 16.4. The van der Waals surface area contributed by atoms with Crippen molar-refractivity contribution in [2.24, 2.45) is 17.2 Å². The number of benzene rings is 1. The van der Waals surface area contributed by atoms with Crippen LogP contribution in [0.2, 0.25) is 0 Å². The van der Waals surface area contributed by atoms with Gasteiger partial charge in [-0.15, -0.1) is 0 Å². The fourth-order valence-electron chi connectivity index (χ4n) is 3.07. The van der Waals surface area contributed by atoms with Crippen LogP contribution in [-0.4, -0.2) is 76.8 Å². The summed E-state index contributed by atoms with van der Waals surface area (Å²) in [6.07, 6.45) is 0.798. The maximum atomic E-state index is 12.8. The highest BCUT2D eigenvalue weighted by atomic mass is 32.2. The summed E-state index contributed by atoms with van der Waals surface area (Å²) in [6, 6.07) is 3.09. The van der Waals surface area contributed by atoms with E-state index < -0.39 is 72.5 Å². The fraction of sp³-hybridized carbons (Fsp3) is 0.455. The third-order valence-electron chi connectivity index (χ3n) is 4.94. The Bertz CT molecular complexity index is 946. The lowest BCUT2D eigenvalue weighted by molar-refractivity contribution is -0.142. The minimum Gasteiger partial charge on any atom is -0.480 e. The lowest BCUT2D eigenvalue weighted by Gasteiger charge is -2.24. The molecule has 1 rings (SSSR count). The second-order valence-electron chi connectivity index (χ2n) is 7.94. The summed E-state index contributed by atoms with van der Waals surface area (Å²) >= 11 is 1.46. The molecule has 1 aromatic carbocycles. The molecule has 0 bridgehead atoms. The van der Waals surface area contributed by atoms with Crippen LogP contribution in [0.15, 0.2) is 30.3 Å². The van der Waals surface area contributed by atoms with Gasteiger partial charge in [-0.1, -0.05) is 30.3 Å². The second kappa shape index (κ2) is 15.4. The summed E-state index contributed by atoms with van der Waals surface area (Å²) in [4.78, 5) is 72.7. The topological polar surface area (TPSA) is 237 Å². The van der Waals surface area contributed by atoms with Crippen molar-refractivity contribution in [3.05, 3.63) is 35.9 Å². The highest BCUT2D eigenvalue weighted by Gasteiger charge is 2.32. The number of aliphatic carboxylic acids is 1. The van der Waals surface area contributed by atoms with Gasteiger partial charge in [0.1, 0.15) is 18.1 Å². The van der Waals surface area contributed by atoms with Gasteiger partial charge < -0.3 is 38.3 Å². The highest BCUT2D eigenvalue weighted by molar-refractivity contribution is 7.98. The van der Waals surface area contributed by atoms with Crippen LogP contribution in [0, 0.1) is 0 Å². The Morgan fingerprint density at radius 2 is 1.31 bits per heavy atom. The van der Waals surface area contributed by atoms with Crippen molar-refractivity contribution in [1.29, 1.82) is 0 Å². The molecule has 0 saturated heterocycles. The summed E-state index contributed by atoms with van der Waals surface area (Å²) in [5.74, 6) is -5.35. The Balaban J connectivity index is 2.99. The van der Waals surface area contributed by atoms with Gasteiger partial charge in [-0.2, -0.15) is 11.8 Å². The number of hydrogen-bond donors (Lipinski definition) is 7. The average molecular weight is 525 g/mol. The molecule has 4 unspecified atom stereocenters. The van der Waals surface area contributed by atoms with Crippen LogP contribution in [-0.2, 0) is 35.2 Å². The van der Waals surface area contributed by atoms with E-state index in [4.69, 9.17) is 17.2 Å². The minimum absolute atomic E-state index is 0.0621. The molecule has 0 aliphatic carbocycles. The largest absolute Gasteiger partial charge is 0.480 e. The Kier molecular flexibility index (Phi) is 13.0. The molecule has 14 heteroatoms. The molecule has 10 N–H and O–H groups in total. The van der Waals surface area contributed by atoms with Gasteiger partial charge in [0.25, 0.3) is 0 Å². The molecule has 0 radical (unpaired) electrons. The van der Waals surface area contributed by atoms with E-state index >= 15 is 0 Å². The van der Waals surface area contributed by atoms with E-state index in [1.165, 1.54) is 11.8 Å². The van der Waals surface area contributed by atoms with Gasteiger partial charge in [-0.3, -0.25) is 24.0 Å². The van der Waals surface area contributed by atoms with Crippen LogP contribution in [0.4, 0.5) is 0 Å². The van der Waals surface area contributed by atoms with E-state index in [1.807, 2.05) is 6.26 Å². The number of primary amides is 2. The summed E-state index contributed by atoms with van der Waals surface area (Å²) in [5.41, 5.74) is 16.8. The molecule has 0 aromatic heterocycles. The van der Waals surface area contributed by atoms with Gasteiger partial charge in [0.05, 0.1) is 18.9 Å². The number of rotatable bonds is 16. The monoisotopic (exact) mass is 524 g/mol. The van der Waals surface area contributed by atoms with Crippen LogP contribution in [0.5, 0.6) is 0 Å². The molecule has 13 nitrogen and oxygen atoms in total. The van der Waals surface area contributed by atoms with Crippen molar-refractivity contribution in [1.82, 2.24) is 16.0 Å². The van der Waals surface area contributed by atoms with Gasteiger partial charge in [0, 0.05) is 6.42 Å². The van der Waals surface area contributed by atoms with Crippen LogP contribution in [0.25, 0.3) is 0 Å². The quantitative estimate of drug-likeness (QED) is 0.122. The minimum atomic E-state index is -1.58. The molecule has 0 aliphatic rings. The number of carboxylic acids is 1. The van der Waals surface area contributed by atoms with E-state index in [0.29, 0.717) is 17.7 Å². The molecule has 0 fully saturated rings. The van der Waals surface area contributed by atoms with E-state index in [1.54, 1.807) is 30.3 Å². The van der Waals surface area contributed by atoms with Gasteiger partial charge in [0.2, 0.25) is 29.5 Å². The Hall–Kier alpha value is -3.65. The molecule has 5 amide bonds. The summed E-state index contributed by atoms with van der Waals surface area (Å²) in [7, 11) is 0. The number of carboxylic acid groups (broad SMARTS) is 1. The van der Waals surface area contributed by atoms with Gasteiger partial charge in [-0.05, 0) is 24.0 Å². The summed E-state index contributed by atoms with van der Waals surface area (Å²) in [6.45, 7) is 0. The number of nitrogens with one attached hydrogen (secondary N) is 3. The van der Waals surface area contributed by atoms with Crippen molar-refractivity contribution in [3.63, 3.8) is 0 Å². The Morgan fingerprint density at radius 3 is 1.75 bits per heavy atom. The SMILES string of the molecule is CSCCC(N)C(=O)NC(CC(N)=O)C(=O)NC(CC(N)=O)C(=O)NC(Cc1ccccc1)C(=O)O. The highest BCUT2D eigenvalue weighted by Crippen LogP contribution is 2.06. The van der Waals surface area contributed by atoms with E-state index in [0.717, 1.165) is 0 Å². The normalized spacial score (nSPS) is 13.9. The van der Waals surface area contributed by atoms with E-state index in [2.05, 4.69) is 16.0 Å². The predicted molar refractivity (Wildman–Crippen MR) is 132 cm³/mol.